The molecular weight excluding hydrogens is 278 g/mol. The van der Waals surface area contributed by atoms with Gasteiger partial charge < -0.3 is 0 Å². The third kappa shape index (κ3) is 2.67. The third-order valence-electron chi connectivity index (χ3n) is 3.27. The number of rotatable bonds is 3. The Labute approximate surface area is 126 Å². The van der Waals surface area contributed by atoms with Crippen LogP contribution in [-0.4, -0.2) is 22.3 Å². The summed E-state index contributed by atoms with van der Waals surface area (Å²) in [5, 5.41) is 0. The van der Waals surface area contributed by atoms with Crippen LogP contribution in [0.1, 0.15) is 36.9 Å². The summed E-state index contributed by atoms with van der Waals surface area (Å²) in [7, 11) is 0. The van der Waals surface area contributed by atoms with Crippen LogP contribution in [0.5, 0.6) is 0 Å². The van der Waals surface area contributed by atoms with Crippen molar-refractivity contribution in [2.75, 3.05) is 0 Å². The van der Waals surface area contributed by atoms with Crippen LogP contribution in [0.3, 0.4) is 0 Å². The van der Waals surface area contributed by atoms with Gasteiger partial charge in [-0.25, -0.2) is 4.98 Å². The van der Waals surface area contributed by atoms with E-state index in [1.165, 1.54) is 24.3 Å². The fraction of sp³-hybridized carbons (Fsp3) is 0. The number of carbonyl (C=O) groups is 3. The summed E-state index contributed by atoms with van der Waals surface area (Å²) in [6.45, 7) is 0. The molecular formula is C18H11NO3. The topological polar surface area (TPSA) is 64.1 Å². The second-order valence-corrected chi connectivity index (χ2v) is 4.76. The number of pyridine rings is 1. The van der Waals surface area contributed by atoms with Crippen LogP contribution in [0.2, 0.25) is 0 Å². The number of fused-ring (bicyclic) bond motifs is 1. The van der Waals surface area contributed by atoms with Gasteiger partial charge in [-0.3, -0.25) is 14.4 Å². The molecule has 0 saturated carbocycles. The molecule has 0 spiro atoms. The predicted octanol–water partition coefficient (Wildman–Crippen LogP) is 2.91. The van der Waals surface area contributed by atoms with Crippen molar-refractivity contribution in [3.63, 3.8) is 0 Å². The number of allylic oxidation sites excluding steroid dienone is 3. The highest BCUT2D eigenvalue weighted by Gasteiger charge is 2.20. The molecule has 1 aromatic carbocycles. The Morgan fingerprint density at radius 3 is 2.41 bits per heavy atom. The molecule has 1 aliphatic carbocycles. The van der Waals surface area contributed by atoms with Gasteiger partial charge in [0.05, 0.1) is 11.3 Å². The van der Waals surface area contributed by atoms with E-state index in [-0.39, 0.29) is 23.0 Å². The van der Waals surface area contributed by atoms with E-state index in [9.17, 15) is 14.4 Å². The standard InChI is InChI=1S/C18H11NO3/c20-15(12-4-2-1-3-5-12)9-7-13-6-8-14-16(21)10-11-17(22)18(14)19-13/h1-11H. The summed E-state index contributed by atoms with van der Waals surface area (Å²) >= 11 is 0. The zero-order valence-corrected chi connectivity index (χ0v) is 11.5. The molecule has 4 nitrogen and oxygen atoms in total. The molecule has 22 heavy (non-hydrogen) atoms. The molecule has 106 valence electrons. The molecule has 1 aliphatic rings. The maximum Gasteiger partial charge on any atom is 0.205 e. The Bertz CT molecular complexity index is 833. The smallest absolute Gasteiger partial charge is 0.205 e. The largest absolute Gasteiger partial charge is 0.289 e. The zero-order valence-electron chi connectivity index (χ0n) is 11.5. The lowest BCUT2D eigenvalue weighted by Crippen LogP contribution is -2.14. The number of aromatic nitrogens is 1. The monoisotopic (exact) mass is 289 g/mol. The van der Waals surface area contributed by atoms with Crippen molar-refractivity contribution < 1.29 is 14.4 Å². The fourth-order valence-corrected chi connectivity index (χ4v) is 2.13. The number of ketones is 3. The first-order valence-electron chi connectivity index (χ1n) is 6.70. The molecule has 0 N–H and O–H groups in total. The highest BCUT2D eigenvalue weighted by atomic mass is 16.1. The molecule has 1 aromatic heterocycles. The molecule has 3 rings (SSSR count). The zero-order chi connectivity index (χ0) is 15.5. The second kappa shape index (κ2) is 5.69. The molecule has 0 saturated heterocycles. The minimum Gasteiger partial charge on any atom is -0.289 e. The van der Waals surface area contributed by atoms with Crippen molar-refractivity contribution in [3.8, 4) is 0 Å². The minimum absolute atomic E-state index is 0.127. The van der Waals surface area contributed by atoms with Crippen LogP contribution in [0, 0.1) is 0 Å². The van der Waals surface area contributed by atoms with Gasteiger partial charge in [0, 0.05) is 5.56 Å². The van der Waals surface area contributed by atoms with Crippen molar-refractivity contribution in [2.45, 2.75) is 0 Å². The van der Waals surface area contributed by atoms with Gasteiger partial charge in [0.2, 0.25) is 5.78 Å². The van der Waals surface area contributed by atoms with E-state index in [1.807, 2.05) is 6.07 Å². The number of hydrogen-bond donors (Lipinski definition) is 0. The van der Waals surface area contributed by atoms with E-state index in [4.69, 9.17) is 0 Å². The Kier molecular flexibility index (Phi) is 3.58. The van der Waals surface area contributed by atoms with E-state index >= 15 is 0 Å². The van der Waals surface area contributed by atoms with Crippen LogP contribution >= 0.6 is 0 Å². The number of carbonyl (C=O) groups excluding carboxylic acids is 3. The Hall–Kier alpha value is -3.14. The summed E-state index contributed by atoms with van der Waals surface area (Å²) < 4.78 is 0. The number of nitrogens with zero attached hydrogens (tertiary/aromatic N) is 1. The first kappa shape index (κ1) is 13.8. The first-order chi connectivity index (χ1) is 10.6. The normalized spacial score (nSPS) is 13.5. The number of hydrogen-bond acceptors (Lipinski definition) is 4. The van der Waals surface area contributed by atoms with Gasteiger partial charge in [-0.2, -0.15) is 0 Å². The van der Waals surface area contributed by atoms with E-state index in [0.29, 0.717) is 16.8 Å². The Morgan fingerprint density at radius 2 is 1.64 bits per heavy atom. The Morgan fingerprint density at radius 1 is 0.909 bits per heavy atom. The van der Waals surface area contributed by atoms with Crippen LogP contribution in [0.4, 0.5) is 0 Å². The lowest BCUT2D eigenvalue weighted by molar-refractivity contribution is 0.0990. The average Bonchev–Trinajstić information content (AvgIpc) is 2.57. The van der Waals surface area contributed by atoms with Crippen LogP contribution in [0.15, 0.2) is 60.7 Å². The molecule has 2 aromatic rings. The SMILES string of the molecule is O=C(C=Cc1ccc2c(n1)C(=O)C=CC2=O)c1ccccc1. The number of benzene rings is 1. The van der Waals surface area contributed by atoms with Crippen molar-refractivity contribution in [1.82, 2.24) is 4.98 Å². The van der Waals surface area contributed by atoms with Crippen molar-refractivity contribution in [1.29, 1.82) is 0 Å². The van der Waals surface area contributed by atoms with Crippen LogP contribution in [0.25, 0.3) is 6.08 Å². The summed E-state index contributed by atoms with van der Waals surface area (Å²) in [6.07, 6.45) is 5.38. The maximum atomic E-state index is 12.0. The summed E-state index contributed by atoms with van der Waals surface area (Å²) in [5.41, 5.74) is 1.45. The van der Waals surface area contributed by atoms with Gasteiger partial charge in [-0.05, 0) is 36.4 Å². The van der Waals surface area contributed by atoms with Crippen LogP contribution in [-0.2, 0) is 0 Å². The van der Waals surface area contributed by atoms with Crippen molar-refractivity contribution in [2.24, 2.45) is 0 Å². The molecule has 0 unspecified atom stereocenters. The minimum atomic E-state index is -0.306. The maximum absolute atomic E-state index is 12.0. The lowest BCUT2D eigenvalue weighted by Gasteiger charge is -2.08. The fourth-order valence-electron chi connectivity index (χ4n) is 2.13. The molecule has 0 amide bonds. The van der Waals surface area contributed by atoms with Gasteiger partial charge in [-0.1, -0.05) is 30.3 Å². The van der Waals surface area contributed by atoms with E-state index in [0.717, 1.165) is 0 Å². The molecule has 0 radical (unpaired) electrons. The van der Waals surface area contributed by atoms with Crippen molar-refractivity contribution >= 4 is 23.4 Å². The third-order valence-corrected chi connectivity index (χ3v) is 3.27. The second-order valence-electron chi connectivity index (χ2n) is 4.76. The molecule has 0 atom stereocenters. The van der Waals surface area contributed by atoms with Gasteiger partial charge in [0.1, 0.15) is 5.69 Å². The van der Waals surface area contributed by atoms with E-state index in [2.05, 4.69) is 4.98 Å². The van der Waals surface area contributed by atoms with E-state index in [1.54, 1.807) is 36.4 Å². The van der Waals surface area contributed by atoms with Crippen molar-refractivity contribution in [3.05, 3.63) is 83.2 Å². The molecule has 4 heteroatoms. The van der Waals surface area contributed by atoms with Gasteiger partial charge in [0.25, 0.3) is 0 Å². The quantitative estimate of drug-likeness (QED) is 0.643. The Balaban J connectivity index is 1.87. The van der Waals surface area contributed by atoms with Gasteiger partial charge in [-0.15, -0.1) is 0 Å². The van der Waals surface area contributed by atoms with Gasteiger partial charge >= 0.3 is 0 Å². The first-order valence-corrected chi connectivity index (χ1v) is 6.70. The average molecular weight is 289 g/mol. The highest BCUT2D eigenvalue weighted by molar-refractivity contribution is 6.21. The van der Waals surface area contributed by atoms with Crippen LogP contribution < -0.4 is 0 Å². The van der Waals surface area contributed by atoms with Gasteiger partial charge in [0.15, 0.2) is 11.6 Å². The highest BCUT2D eigenvalue weighted by Crippen LogP contribution is 2.16. The summed E-state index contributed by atoms with van der Waals surface area (Å²) in [5.74, 6) is -0.695. The lowest BCUT2D eigenvalue weighted by atomic mass is 9.99. The molecule has 1 heterocycles. The summed E-state index contributed by atoms with van der Waals surface area (Å²) in [4.78, 5) is 39.5. The molecule has 0 fully saturated rings. The predicted molar refractivity (Wildman–Crippen MR) is 81.8 cm³/mol. The molecule has 0 bridgehead atoms. The summed E-state index contributed by atoms with van der Waals surface area (Å²) in [6, 6.07) is 12.0. The van der Waals surface area contributed by atoms with E-state index < -0.39 is 0 Å². The molecule has 0 aliphatic heterocycles.